The SMILES string of the molecule is CN(C)c1cc(C#N)cc(-c2nc(/C=C/C=C(/F)C=N)no2)c1. The van der Waals surface area contributed by atoms with Gasteiger partial charge in [0, 0.05) is 25.3 Å². The van der Waals surface area contributed by atoms with E-state index in [9.17, 15) is 4.39 Å². The third-order valence-corrected chi connectivity index (χ3v) is 2.89. The number of allylic oxidation sites excluding steroid dienone is 3. The molecule has 7 heteroatoms. The fourth-order valence-electron chi connectivity index (χ4n) is 1.75. The summed E-state index contributed by atoms with van der Waals surface area (Å²) in [6, 6.07) is 7.33. The van der Waals surface area contributed by atoms with Gasteiger partial charge < -0.3 is 14.8 Å². The number of rotatable bonds is 5. The zero-order valence-corrected chi connectivity index (χ0v) is 12.6. The largest absolute Gasteiger partial charge is 0.378 e. The highest BCUT2D eigenvalue weighted by Crippen LogP contribution is 2.25. The number of halogens is 1. The number of hydrogen-bond donors (Lipinski definition) is 1. The standard InChI is InChI=1S/C16H14FN5O/c1-22(2)14-7-11(9-18)6-12(8-14)16-20-15(21-23-16)5-3-4-13(17)10-19/h3-8,10,19H,1-2H3/b5-3+,13-4+,19-10?. The molecule has 0 spiro atoms. The first-order valence-corrected chi connectivity index (χ1v) is 6.64. The van der Waals surface area contributed by atoms with Gasteiger partial charge in [-0.2, -0.15) is 10.2 Å². The van der Waals surface area contributed by atoms with E-state index < -0.39 is 5.83 Å². The van der Waals surface area contributed by atoms with E-state index >= 15 is 0 Å². The minimum absolute atomic E-state index is 0.265. The lowest BCUT2D eigenvalue weighted by Gasteiger charge is -2.13. The molecule has 0 bridgehead atoms. The van der Waals surface area contributed by atoms with Gasteiger partial charge in [-0.3, -0.25) is 0 Å². The molecular formula is C16H14FN5O. The van der Waals surface area contributed by atoms with Crippen LogP contribution in [-0.2, 0) is 0 Å². The summed E-state index contributed by atoms with van der Waals surface area (Å²) in [6.45, 7) is 0. The Hall–Kier alpha value is -3.27. The number of nitrogens with zero attached hydrogens (tertiary/aromatic N) is 4. The number of nitriles is 1. The fourth-order valence-corrected chi connectivity index (χ4v) is 1.75. The molecule has 116 valence electrons. The van der Waals surface area contributed by atoms with Crippen LogP contribution in [0.2, 0.25) is 0 Å². The van der Waals surface area contributed by atoms with Crippen LogP contribution in [0.5, 0.6) is 0 Å². The van der Waals surface area contributed by atoms with Crippen molar-refractivity contribution in [1.82, 2.24) is 10.1 Å². The molecule has 2 aromatic rings. The molecule has 1 aromatic carbocycles. The van der Waals surface area contributed by atoms with Crippen molar-refractivity contribution in [2.75, 3.05) is 19.0 Å². The number of nitrogens with one attached hydrogen (secondary N) is 1. The van der Waals surface area contributed by atoms with Crippen molar-refractivity contribution in [3.63, 3.8) is 0 Å². The van der Waals surface area contributed by atoms with Gasteiger partial charge >= 0.3 is 0 Å². The molecule has 1 aromatic heterocycles. The molecule has 6 nitrogen and oxygen atoms in total. The Balaban J connectivity index is 2.32. The van der Waals surface area contributed by atoms with Crippen molar-refractivity contribution >= 4 is 18.0 Å². The average molecular weight is 311 g/mol. The van der Waals surface area contributed by atoms with Crippen molar-refractivity contribution in [3.05, 3.63) is 47.6 Å². The first-order chi connectivity index (χ1) is 11.0. The number of anilines is 1. The molecule has 23 heavy (non-hydrogen) atoms. The van der Waals surface area contributed by atoms with Gasteiger partial charge in [0.1, 0.15) is 5.83 Å². The van der Waals surface area contributed by atoms with Crippen LogP contribution in [0.1, 0.15) is 11.4 Å². The molecule has 1 heterocycles. The van der Waals surface area contributed by atoms with E-state index in [0.29, 0.717) is 17.3 Å². The van der Waals surface area contributed by atoms with Crippen molar-refractivity contribution in [2.45, 2.75) is 0 Å². The molecule has 0 fully saturated rings. The lowest BCUT2D eigenvalue weighted by molar-refractivity contribution is 0.428. The van der Waals surface area contributed by atoms with Crippen LogP contribution in [-0.4, -0.2) is 30.5 Å². The molecule has 0 amide bonds. The Bertz CT molecular complexity index is 814. The fraction of sp³-hybridized carbons (Fsp3) is 0.125. The van der Waals surface area contributed by atoms with E-state index in [1.54, 1.807) is 12.1 Å². The zero-order valence-electron chi connectivity index (χ0n) is 12.6. The predicted octanol–water partition coefficient (Wildman–Crippen LogP) is 3.19. The molecular weight excluding hydrogens is 297 g/mol. The van der Waals surface area contributed by atoms with Gasteiger partial charge in [0.15, 0.2) is 5.82 Å². The van der Waals surface area contributed by atoms with Gasteiger partial charge in [0.2, 0.25) is 0 Å². The molecule has 0 unspecified atom stereocenters. The Kier molecular flexibility index (Phi) is 5.00. The van der Waals surface area contributed by atoms with Crippen molar-refractivity contribution in [3.8, 4) is 17.5 Å². The maximum Gasteiger partial charge on any atom is 0.258 e. The van der Waals surface area contributed by atoms with E-state index in [1.807, 2.05) is 25.1 Å². The molecule has 1 N–H and O–H groups in total. The average Bonchev–Trinajstić information content (AvgIpc) is 3.03. The van der Waals surface area contributed by atoms with E-state index in [2.05, 4.69) is 16.2 Å². The molecule has 0 radical (unpaired) electrons. The third kappa shape index (κ3) is 4.11. The topological polar surface area (TPSA) is 89.8 Å². The third-order valence-electron chi connectivity index (χ3n) is 2.89. The zero-order chi connectivity index (χ0) is 16.8. The van der Waals surface area contributed by atoms with Crippen LogP contribution >= 0.6 is 0 Å². The second-order valence-electron chi connectivity index (χ2n) is 4.79. The Morgan fingerprint density at radius 2 is 2.17 bits per heavy atom. The van der Waals surface area contributed by atoms with Gasteiger partial charge in [-0.25, -0.2) is 4.39 Å². The highest BCUT2D eigenvalue weighted by atomic mass is 19.1. The van der Waals surface area contributed by atoms with Crippen molar-refractivity contribution in [2.24, 2.45) is 0 Å². The summed E-state index contributed by atoms with van der Waals surface area (Å²) in [5, 5.41) is 19.6. The van der Waals surface area contributed by atoms with Gasteiger partial charge in [-0.05, 0) is 30.4 Å². The van der Waals surface area contributed by atoms with Crippen LogP contribution in [0.15, 0.2) is 40.7 Å². The number of aromatic nitrogens is 2. The molecule has 0 atom stereocenters. The molecule has 0 aliphatic heterocycles. The second-order valence-corrected chi connectivity index (χ2v) is 4.79. The quantitative estimate of drug-likeness (QED) is 0.676. The predicted molar refractivity (Wildman–Crippen MR) is 85.8 cm³/mol. The van der Waals surface area contributed by atoms with Crippen LogP contribution < -0.4 is 4.90 Å². The van der Waals surface area contributed by atoms with Crippen LogP contribution in [0.25, 0.3) is 17.5 Å². The Morgan fingerprint density at radius 1 is 1.39 bits per heavy atom. The van der Waals surface area contributed by atoms with Gasteiger partial charge in [-0.15, -0.1) is 0 Å². The Morgan fingerprint density at radius 3 is 2.83 bits per heavy atom. The lowest BCUT2D eigenvalue weighted by atomic mass is 10.1. The van der Waals surface area contributed by atoms with Crippen LogP contribution in [0.4, 0.5) is 10.1 Å². The first-order valence-electron chi connectivity index (χ1n) is 6.64. The highest BCUT2D eigenvalue weighted by Gasteiger charge is 2.10. The molecule has 0 aliphatic carbocycles. The molecule has 0 aliphatic rings. The highest BCUT2D eigenvalue weighted by molar-refractivity contribution is 5.73. The summed E-state index contributed by atoms with van der Waals surface area (Å²) in [4.78, 5) is 6.05. The molecule has 0 saturated carbocycles. The van der Waals surface area contributed by atoms with Crippen molar-refractivity contribution in [1.29, 1.82) is 10.7 Å². The monoisotopic (exact) mass is 311 g/mol. The van der Waals surface area contributed by atoms with Crippen LogP contribution in [0.3, 0.4) is 0 Å². The minimum atomic E-state index is -0.678. The summed E-state index contributed by atoms with van der Waals surface area (Å²) < 4.78 is 17.9. The molecule has 2 rings (SSSR count). The minimum Gasteiger partial charge on any atom is -0.378 e. The second kappa shape index (κ2) is 7.13. The summed E-state index contributed by atoms with van der Waals surface area (Å²) >= 11 is 0. The summed E-state index contributed by atoms with van der Waals surface area (Å²) in [5.74, 6) is -0.147. The molecule has 0 saturated heterocycles. The maximum atomic E-state index is 12.8. The smallest absolute Gasteiger partial charge is 0.258 e. The summed E-state index contributed by atoms with van der Waals surface area (Å²) in [5.41, 5.74) is 1.95. The lowest BCUT2D eigenvalue weighted by Crippen LogP contribution is -2.08. The van der Waals surface area contributed by atoms with Gasteiger partial charge in [0.25, 0.3) is 5.89 Å². The van der Waals surface area contributed by atoms with Crippen molar-refractivity contribution < 1.29 is 8.91 Å². The number of hydrogen-bond acceptors (Lipinski definition) is 6. The number of benzene rings is 1. The maximum absolute atomic E-state index is 12.8. The van der Waals surface area contributed by atoms with Gasteiger partial charge in [0.05, 0.1) is 17.8 Å². The van der Waals surface area contributed by atoms with E-state index in [-0.39, 0.29) is 11.7 Å². The first kappa shape index (κ1) is 16.1. The summed E-state index contributed by atoms with van der Waals surface area (Å²) in [7, 11) is 3.74. The van der Waals surface area contributed by atoms with E-state index in [1.165, 1.54) is 12.2 Å². The van der Waals surface area contributed by atoms with Gasteiger partial charge in [-0.1, -0.05) is 11.2 Å². The van der Waals surface area contributed by atoms with E-state index in [0.717, 1.165) is 11.8 Å². The van der Waals surface area contributed by atoms with Crippen LogP contribution in [0, 0.1) is 16.7 Å². The normalized spacial score (nSPS) is 11.5. The summed E-state index contributed by atoms with van der Waals surface area (Å²) in [6.07, 6.45) is 4.55. The van der Waals surface area contributed by atoms with E-state index in [4.69, 9.17) is 15.2 Å². The Labute approximate surface area is 132 Å².